The van der Waals surface area contributed by atoms with Crippen LogP contribution in [0.5, 0.6) is 0 Å². The van der Waals surface area contributed by atoms with Crippen LogP contribution in [0, 0.1) is 0 Å². The second kappa shape index (κ2) is 4.30. The highest BCUT2D eigenvalue weighted by atomic mass is 32.2. The molecule has 0 bridgehead atoms. The number of ether oxygens (including phenoxy) is 1. The van der Waals surface area contributed by atoms with Crippen molar-refractivity contribution in [3.63, 3.8) is 0 Å². The van der Waals surface area contributed by atoms with Crippen LogP contribution in [0.15, 0.2) is 17.6 Å². The van der Waals surface area contributed by atoms with Crippen molar-refractivity contribution in [2.75, 3.05) is 6.61 Å². The van der Waals surface area contributed by atoms with E-state index in [1.54, 1.807) is 18.7 Å². The van der Waals surface area contributed by atoms with Crippen LogP contribution in [0.2, 0.25) is 0 Å². The first-order valence-corrected chi connectivity index (χ1v) is 5.61. The van der Waals surface area contributed by atoms with Crippen LogP contribution < -0.4 is 4.72 Å². The maximum Gasteiger partial charge on any atom is 0.421 e. The molecular weight excluding hydrogens is 222 g/mol. The molecule has 1 heterocycles. The van der Waals surface area contributed by atoms with Gasteiger partial charge in [0, 0.05) is 13.2 Å². The molecule has 15 heavy (non-hydrogen) atoms. The first-order chi connectivity index (χ1) is 6.95. The summed E-state index contributed by atoms with van der Waals surface area (Å²) in [4.78, 5) is 14.5. The molecule has 1 aromatic rings. The Labute approximate surface area is 87.1 Å². The SMILES string of the molecule is CCOC(=O)NS(=O)(=O)c1cn(C)cn1. The van der Waals surface area contributed by atoms with Crippen molar-refractivity contribution in [2.45, 2.75) is 11.9 Å². The lowest BCUT2D eigenvalue weighted by molar-refractivity contribution is 0.158. The van der Waals surface area contributed by atoms with E-state index in [1.165, 1.54) is 17.1 Å². The van der Waals surface area contributed by atoms with E-state index in [1.807, 2.05) is 0 Å². The Hall–Kier alpha value is -1.57. The summed E-state index contributed by atoms with van der Waals surface area (Å²) in [5.41, 5.74) is 0. The quantitative estimate of drug-likeness (QED) is 0.784. The lowest BCUT2D eigenvalue weighted by Gasteiger charge is -2.03. The summed E-state index contributed by atoms with van der Waals surface area (Å²) in [5.74, 6) is 0. The normalized spacial score (nSPS) is 11.1. The number of rotatable bonds is 3. The highest BCUT2D eigenvalue weighted by molar-refractivity contribution is 7.90. The minimum absolute atomic E-state index is 0.101. The van der Waals surface area contributed by atoms with Crippen molar-refractivity contribution in [1.29, 1.82) is 0 Å². The average Bonchev–Trinajstić information content (AvgIpc) is 2.51. The maximum absolute atomic E-state index is 11.4. The molecule has 0 atom stereocenters. The molecule has 0 saturated carbocycles. The first kappa shape index (κ1) is 11.5. The standard InChI is InChI=1S/C7H11N3O4S/c1-3-14-7(11)9-15(12,13)6-4-10(2)5-8-6/h4-5H,3H2,1-2H3,(H,9,11). The minimum Gasteiger partial charge on any atom is -0.449 e. The number of nitrogens with zero attached hydrogens (tertiary/aromatic N) is 2. The molecule has 0 aliphatic rings. The maximum atomic E-state index is 11.4. The van der Waals surface area contributed by atoms with Crippen molar-refractivity contribution in [3.8, 4) is 0 Å². The van der Waals surface area contributed by atoms with E-state index in [-0.39, 0.29) is 11.6 Å². The highest BCUT2D eigenvalue weighted by Crippen LogP contribution is 2.03. The summed E-state index contributed by atoms with van der Waals surface area (Å²) in [6.45, 7) is 1.68. The second-order valence-corrected chi connectivity index (χ2v) is 4.33. The number of nitrogens with one attached hydrogen (secondary N) is 1. The number of imidazole rings is 1. The van der Waals surface area contributed by atoms with Gasteiger partial charge in [0.05, 0.1) is 12.9 Å². The van der Waals surface area contributed by atoms with Crippen molar-refractivity contribution >= 4 is 16.1 Å². The fraction of sp³-hybridized carbons (Fsp3) is 0.429. The van der Waals surface area contributed by atoms with Crippen molar-refractivity contribution in [2.24, 2.45) is 7.05 Å². The van der Waals surface area contributed by atoms with Crippen LogP contribution in [0.4, 0.5) is 4.79 Å². The molecule has 1 aromatic heterocycles. The number of hydrogen-bond donors (Lipinski definition) is 1. The molecule has 8 heteroatoms. The first-order valence-electron chi connectivity index (χ1n) is 4.13. The van der Waals surface area contributed by atoms with Crippen LogP contribution >= 0.6 is 0 Å². The zero-order valence-corrected chi connectivity index (χ0v) is 9.11. The Bertz CT molecular complexity index is 451. The lowest BCUT2D eigenvalue weighted by Crippen LogP contribution is -2.31. The molecule has 0 fully saturated rings. The fourth-order valence-corrected chi connectivity index (χ4v) is 1.72. The van der Waals surface area contributed by atoms with Gasteiger partial charge in [-0.25, -0.2) is 14.5 Å². The minimum atomic E-state index is -3.92. The van der Waals surface area contributed by atoms with Crippen LogP contribution in [-0.2, 0) is 21.8 Å². The van der Waals surface area contributed by atoms with Crippen LogP contribution in [0.25, 0.3) is 0 Å². The van der Waals surface area contributed by atoms with Gasteiger partial charge in [-0.2, -0.15) is 8.42 Å². The average molecular weight is 233 g/mol. The predicted octanol–water partition coefficient (Wildman–Crippen LogP) is -0.145. The van der Waals surface area contributed by atoms with Crippen molar-refractivity contribution < 1.29 is 17.9 Å². The van der Waals surface area contributed by atoms with Crippen LogP contribution in [0.1, 0.15) is 6.92 Å². The molecule has 0 unspecified atom stereocenters. The molecule has 1 amide bonds. The molecule has 7 nitrogen and oxygen atoms in total. The second-order valence-electron chi connectivity index (χ2n) is 2.70. The van der Waals surface area contributed by atoms with Gasteiger partial charge in [0.1, 0.15) is 0 Å². The van der Waals surface area contributed by atoms with Gasteiger partial charge in [-0.15, -0.1) is 0 Å². The van der Waals surface area contributed by atoms with E-state index < -0.39 is 16.1 Å². The summed E-state index contributed by atoms with van der Waals surface area (Å²) < 4.78 is 30.5. The Morgan fingerprint density at radius 2 is 2.33 bits per heavy atom. The number of sulfonamides is 1. The number of carbonyl (C=O) groups excluding carboxylic acids is 1. The van der Waals surface area contributed by atoms with Gasteiger partial charge in [-0.1, -0.05) is 0 Å². The Balaban J connectivity index is 2.81. The Morgan fingerprint density at radius 3 is 2.80 bits per heavy atom. The molecule has 1 N–H and O–H groups in total. The number of amides is 1. The largest absolute Gasteiger partial charge is 0.449 e. The van der Waals surface area contributed by atoms with Crippen LogP contribution in [-0.4, -0.2) is 30.7 Å². The molecule has 0 spiro atoms. The van der Waals surface area contributed by atoms with Gasteiger partial charge in [0.25, 0.3) is 10.0 Å². The zero-order valence-electron chi connectivity index (χ0n) is 8.30. The van der Waals surface area contributed by atoms with Gasteiger partial charge in [0.2, 0.25) is 0 Å². The predicted molar refractivity (Wildman–Crippen MR) is 50.6 cm³/mol. The van der Waals surface area contributed by atoms with Gasteiger partial charge in [-0.3, -0.25) is 0 Å². The topological polar surface area (TPSA) is 90.3 Å². The van der Waals surface area contributed by atoms with Gasteiger partial charge in [0.15, 0.2) is 5.03 Å². The summed E-state index contributed by atoms with van der Waals surface area (Å²) in [7, 11) is -2.30. The fourth-order valence-electron chi connectivity index (χ4n) is 0.850. The van der Waals surface area contributed by atoms with E-state index >= 15 is 0 Å². The zero-order chi connectivity index (χ0) is 11.5. The Morgan fingerprint density at radius 1 is 1.67 bits per heavy atom. The third-order valence-corrected chi connectivity index (χ3v) is 2.65. The van der Waals surface area contributed by atoms with Crippen molar-refractivity contribution in [3.05, 3.63) is 12.5 Å². The summed E-state index contributed by atoms with van der Waals surface area (Å²) in [6, 6.07) is 0. The summed E-state index contributed by atoms with van der Waals surface area (Å²) in [6.07, 6.45) is 1.59. The van der Waals surface area contributed by atoms with E-state index in [0.717, 1.165) is 0 Å². The smallest absolute Gasteiger partial charge is 0.421 e. The lowest BCUT2D eigenvalue weighted by atomic mass is 10.9. The molecule has 0 saturated heterocycles. The number of aromatic nitrogens is 2. The van der Waals surface area contributed by atoms with Crippen LogP contribution in [0.3, 0.4) is 0 Å². The monoisotopic (exact) mass is 233 g/mol. The Kier molecular flexibility index (Phi) is 3.30. The number of hydrogen-bond acceptors (Lipinski definition) is 5. The summed E-state index contributed by atoms with van der Waals surface area (Å²) >= 11 is 0. The third-order valence-electron chi connectivity index (χ3n) is 1.45. The van der Waals surface area contributed by atoms with E-state index in [2.05, 4.69) is 9.72 Å². The molecule has 0 radical (unpaired) electrons. The van der Waals surface area contributed by atoms with E-state index in [9.17, 15) is 13.2 Å². The molecule has 1 rings (SSSR count). The summed E-state index contributed by atoms with van der Waals surface area (Å²) in [5, 5.41) is -0.224. The van der Waals surface area contributed by atoms with Gasteiger partial charge in [-0.05, 0) is 6.92 Å². The van der Waals surface area contributed by atoms with Crippen molar-refractivity contribution in [1.82, 2.24) is 14.3 Å². The number of aryl methyl sites for hydroxylation is 1. The number of carbonyl (C=O) groups is 1. The molecule has 0 aromatic carbocycles. The molecule has 0 aliphatic carbocycles. The van der Waals surface area contributed by atoms with Gasteiger partial charge < -0.3 is 9.30 Å². The molecule has 0 aliphatic heterocycles. The molecule has 84 valence electrons. The van der Waals surface area contributed by atoms with Gasteiger partial charge >= 0.3 is 6.09 Å². The van der Waals surface area contributed by atoms with E-state index in [4.69, 9.17) is 0 Å². The highest BCUT2D eigenvalue weighted by Gasteiger charge is 2.20. The third kappa shape index (κ3) is 2.94. The molecular formula is C7H11N3O4S. The van der Waals surface area contributed by atoms with E-state index in [0.29, 0.717) is 0 Å².